The van der Waals surface area contributed by atoms with E-state index in [1.807, 2.05) is 0 Å². The van der Waals surface area contributed by atoms with Crippen LogP contribution < -0.4 is 0 Å². The van der Waals surface area contributed by atoms with Crippen molar-refractivity contribution in [1.29, 1.82) is 0 Å². The van der Waals surface area contributed by atoms with Crippen LogP contribution in [-0.2, 0) is 32.2 Å². The predicted octanol–water partition coefficient (Wildman–Crippen LogP) is 4.77. The zero-order valence-corrected chi connectivity index (χ0v) is 17.4. The van der Waals surface area contributed by atoms with Gasteiger partial charge in [0.1, 0.15) is 0 Å². The van der Waals surface area contributed by atoms with E-state index in [0.29, 0.717) is 21.5 Å². The Kier molecular flexibility index (Phi) is 5.77. The smallest absolute Gasteiger partial charge is 0.416 e. The number of hydrogen-bond donors (Lipinski definition) is 0. The van der Waals surface area contributed by atoms with E-state index in [-0.39, 0.29) is 18.4 Å². The van der Waals surface area contributed by atoms with E-state index in [9.17, 15) is 26.4 Å². The number of aromatic nitrogens is 1. The highest BCUT2D eigenvalue weighted by molar-refractivity contribution is 9.10. The second-order valence-corrected chi connectivity index (χ2v) is 8.95. The number of carbonyl (C=O) groups excluding carboxylic acids is 1. The van der Waals surface area contributed by atoms with Gasteiger partial charge in [0, 0.05) is 22.5 Å². The van der Waals surface area contributed by atoms with Gasteiger partial charge in [0.15, 0.2) is 0 Å². The summed E-state index contributed by atoms with van der Waals surface area (Å²) < 4.78 is 71.5. The minimum atomic E-state index is -4.67. The maximum Gasteiger partial charge on any atom is 0.416 e. The maximum absolute atomic E-state index is 13.1. The van der Waals surface area contributed by atoms with Crippen molar-refractivity contribution in [3.63, 3.8) is 0 Å². The van der Waals surface area contributed by atoms with Crippen molar-refractivity contribution in [2.24, 2.45) is 0 Å². The summed E-state index contributed by atoms with van der Waals surface area (Å²) in [5, 5.41) is 0.577. The Labute approximate surface area is 173 Å². The zero-order valence-electron chi connectivity index (χ0n) is 15.0. The minimum absolute atomic E-state index is 0.0370. The molecule has 0 aliphatic heterocycles. The molecule has 10 heteroatoms. The predicted molar refractivity (Wildman–Crippen MR) is 104 cm³/mol. The molecule has 5 nitrogen and oxygen atoms in total. The first-order valence-corrected chi connectivity index (χ1v) is 10.6. The number of ether oxygens (including phenoxy) is 1. The lowest BCUT2D eigenvalue weighted by Gasteiger charge is -2.11. The molecule has 0 unspecified atom stereocenters. The molecule has 29 heavy (non-hydrogen) atoms. The number of benzene rings is 2. The molecule has 0 saturated carbocycles. The molecule has 2 aromatic carbocycles. The molecule has 0 radical (unpaired) electrons. The fraction of sp³-hybridized carbons (Fsp3) is 0.211. The van der Waals surface area contributed by atoms with Gasteiger partial charge in [0.05, 0.1) is 23.1 Å². The van der Waals surface area contributed by atoms with Gasteiger partial charge in [-0.2, -0.15) is 13.2 Å². The van der Waals surface area contributed by atoms with Crippen LogP contribution in [0.25, 0.3) is 10.9 Å². The van der Waals surface area contributed by atoms with Crippen molar-refractivity contribution in [2.75, 3.05) is 7.11 Å². The van der Waals surface area contributed by atoms with E-state index in [0.717, 1.165) is 22.2 Å². The van der Waals surface area contributed by atoms with Crippen molar-refractivity contribution >= 4 is 42.8 Å². The average Bonchev–Trinajstić information content (AvgIpc) is 3.04. The molecular weight excluding hydrogens is 475 g/mol. The fourth-order valence-corrected chi connectivity index (χ4v) is 4.70. The Morgan fingerprint density at radius 3 is 2.55 bits per heavy atom. The molecule has 0 spiro atoms. The zero-order chi connectivity index (χ0) is 21.4. The number of aryl methyl sites for hydroxylation is 1. The van der Waals surface area contributed by atoms with Gasteiger partial charge in [-0.3, -0.25) is 4.79 Å². The fourth-order valence-electron chi connectivity index (χ4n) is 2.92. The minimum Gasteiger partial charge on any atom is -0.469 e. The van der Waals surface area contributed by atoms with Crippen molar-refractivity contribution in [1.82, 2.24) is 3.97 Å². The molecule has 3 aromatic rings. The van der Waals surface area contributed by atoms with Crippen LogP contribution in [0.1, 0.15) is 17.5 Å². The van der Waals surface area contributed by atoms with Gasteiger partial charge in [-0.1, -0.05) is 28.1 Å². The molecule has 3 rings (SSSR count). The standard InChI is InChI=1S/C19H15BrF3NO4S/c1-28-18(25)8-5-12-11-24(17-10-14(20)6-7-16(12)17)29(26,27)15-4-2-3-13(9-15)19(21,22)23/h2-4,6-7,9-11H,5,8H2,1H3. The first kappa shape index (κ1) is 21.4. The van der Waals surface area contributed by atoms with Crippen molar-refractivity contribution < 1.29 is 31.1 Å². The lowest BCUT2D eigenvalue weighted by molar-refractivity contribution is -0.140. The molecule has 0 aliphatic carbocycles. The summed E-state index contributed by atoms with van der Waals surface area (Å²) in [5.41, 5.74) is -0.202. The van der Waals surface area contributed by atoms with Crippen LogP contribution in [0.2, 0.25) is 0 Å². The number of methoxy groups -OCH3 is 1. The average molecular weight is 490 g/mol. The second kappa shape index (κ2) is 7.83. The summed E-state index contributed by atoms with van der Waals surface area (Å²) in [6.45, 7) is 0. The number of nitrogens with zero attached hydrogens (tertiary/aromatic N) is 1. The highest BCUT2D eigenvalue weighted by Gasteiger charge is 2.32. The van der Waals surface area contributed by atoms with Crippen molar-refractivity contribution in [2.45, 2.75) is 23.9 Å². The SMILES string of the molecule is COC(=O)CCc1cn(S(=O)(=O)c2cccc(C(F)(F)F)c2)c2cc(Br)ccc12. The Morgan fingerprint density at radius 2 is 1.90 bits per heavy atom. The van der Waals surface area contributed by atoms with Crippen LogP contribution in [0.5, 0.6) is 0 Å². The molecule has 0 fully saturated rings. The summed E-state index contributed by atoms with van der Waals surface area (Å²) >= 11 is 3.28. The van der Waals surface area contributed by atoms with Crippen LogP contribution in [0, 0.1) is 0 Å². The molecule has 0 N–H and O–H groups in total. The molecule has 0 bridgehead atoms. The number of halogens is 4. The third-order valence-electron chi connectivity index (χ3n) is 4.36. The molecule has 0 atom stereocenters. The number of rotatable bonds is 5. The Morgan fingerprint density at radius 1 is 1.17 bits per heavy atom. The molecule has 0 aliphatic rings. The largest absolute Gasteiger partial charge is 0.469 e. The number of alkyl halides is 3. The quantitative estimate of drug-likeness (QED) is 0.484. The Hall–Kier alpha value is -2.33. The highest BCUT2D eigenvalue weighted by Crippen LogP contribution is 2.33. The van der Waals surface area contributed by atoms with Crippen LogP contribution in [-0.4, -0.2) is 25.5 Å². The summed E-state index contributed by atoms with van der Waals surface area (Å²) in [6, 6.07) is 8.54. The number of fused-ring (bicyclic) bond motifs is 1. The lowest BCUT2D eigenvalue weighted by atomic mass is 10.1. The van der Waals surface area contributed by atoms with Crippen LogP contribution in [0.3, 0.4) is 0 Å². The lowest BCUT2D eigenvalue weighted by Crippen LogP contribution is -2.14. The number of esters is 1. The van der Waals surface area contributed by atoms with Crippen LogP contribution in [0.4, 0.5) is 13.2 Å². The molecule has 1 heterocycles. The van der Waals surface area contributed by atoms with Gasteiger partial charge in [-0.15, -0.1) is 0 Å². The van der Waals surface area contributed by atoms with Crippen molar-refractivity contribution in [3.8, 4) is 0 Å². The summed E-state index contributed by atoms with van der Waals surface area (Å²) in [6.07, 6.45) is -3.08. The monoisotopic (exact) mass is 489 g/mol. The third kappa shape index (κ3) is 4.32. The van der Waals surface area contributed by atoms with Crippen LogP contribution >= 0.6 is 15.9 Å². The first-order chi connectivity index (χ1) is 13.5. The van der Waals surface area contributed by atoms with Gasteiger partial charge in [-0.25, -0.2) is 12.4 Å². The normalized spacial score (nSPS) is 12.3. The number of carbonyl (C=O) groups is 1. The van der Waals surface area contributed by atoms with Gasteiger partial charge < -0.3 is 4.74 Å². The molecular formula is C19H15BrF3NO4S. The second-order valence-electron chi connectivity index (χ2n) is 6.22. The first-order valence-electron chi connectivity index (χ1n) is 8.33. The number of hydrogen-bond acceptors (Lipinski definition) is 4. The van der Waals surface area contributed by atoms with Gasteiger partial charge in [0.2, 0.25) is 0 Å². The van der Waals surface area contributed by atoms with Crippen LogP contribution in [0.15, 0.2) is 58.0 Å². The van der Waals surface area contributed by atoms with E-state index in [1.165, 1.54) is 13.3 Å². The third-order valence-corrected chi connectivity index (χ3v) is 6.52. The van der Waals surface area contributed by atoms with Gasteiger partial charge >= 0.3 is 12.1 Å². The van der Waals surface area contributed by atoms with Gasteiger partial charge in [0.25, 0.3) is 10.0 Å². The molecule has 154 valence electrons. The highest BCUT2D eigenvalue weighted by atomic mass is 79.9. The summed E-state index contributed by atoms with van der Waals surface area (Å²) in [5.74, 6) is -0.455. The molecule has 0 amide bonds. The van der Waals surface area contributed by atoms with Gasteiger partial charge in [-0.05, 0) is 42.3 Å². The van der Waals surface area contributed by atoms with E-state index in [2.05, 4.69) is 20.7 Å². The summed E-state index contributed by atoms with van der Waals surface area (Å²) in [7, 11) is -3.06. The van der Waals surface area contributed by atoms with E-state index in [1.54, 1.807) is 18.2 Å². The Balaban J connectivity index is 2.15. The van der Waals surface area contributed by atoms with E-state index >= 15 is 0 Å². The molecule has 1 aromatic heterocycles. The Bertz CT molecular complexity index is 1190. The van der Waals surface area contributed by atoms with Crippen molar-refractivity contribution in [3.05, 3.63) is 64.3 Å². The van der Waals surface area contributed by atoms with E-state index < -0.39 is 32.6 Å². The maximum atomic E-state index is 13.1. The summed E-state index contributed by atoms with van der Waals surface area (Å²) in [4.78, 5) is 11.0. The molecule has 0 saturated heterocycles. The topological polar surface area (TPSA) is 65.4 Å². The van der Waals surface area contributed by atoms with E-state index in [4.69, 9.17) is 0 Å².